The summed E-state index contributed by atoms with van der Waals surface area (Å²) in [4.78, 5) is 31.4. The summed E-state index contributed by atoms with van der Waals surface area (Å²) in [6, 6.07) is 14.8. The number of carbonyl (C=O) groups is 1. The number of nitrogens with one attached hydrogen (secondary N) is 1. The lowest BCUT2D eigenvalue weighted by Gasteiger charge is -2.27. The molecule has 1 aliphatic rings. The maximum atomic E-state index is 12.0. The summed E-state index contributed by atoms with van der Waals surface area (Å²) in [5.41, 5.74) is 3.94. The van der Waals surface area contributed by atoms with Crippen LogP contribution in [0.1, 0.15) is 28.2 Å². The lowest BCUT2D eigenvalue weighted by molar-refractivity contribution is -0.0589. The molecule has 0 radical (unpaired) electrons. The minimum Gasteiger partial charge on any atom is -0.465 e. The number of pyridine rings is 1. The van der Waals surface area contributed by atoms with E-state index in [0.29, 0.717) is 18.5 Å². The largest absolute Gasteiger partial charge is 0.465 e. The smallest absolute Gasteiger partial charge is 0.337 e. The van der Waals surface area contributed by atoms with Gasteiger partial charge in [-0.15, -0.1) is 0 Å². The van der Waals surface area contributed by atoms with Gasteiger partial charge in [0, 0.05) is 24.6 Å². The van der Waals surface area contributed by atoms with Gasteiger partial charge in [0.25, 0.3) is 0 Å². The monoisotopic (exact) mass is 403 g/mol. The van der Waals surface area contributed by atoms with Crippen molar-refractivity contribution in [1.29, 1.82) is 0 Å². The number of methoxy groups -OCH3 is 1. The Morgan fingerprint density at radius 3 is 2.83 bits per heavy atom. The first-order valence-electron chi connectivity index (χ1n) is 9.92. The lowest BCUT2D eigenvalue weighted by Crippen LogP contribution is -2.31. The number of H-pyrrole nitrogens is 1. The van der Waals surface area contributed by atoms with E-state index in [2.05, 4.69) is 9.55 Å². The predicted octanol–water partition coefficient (Wildman–Crippen LogP) is 3.04. The maximum Gasteiger partial charge on any atom is 0.337 e. The van der Waals surface area contributed by atoms with Gasteiger partial charge in [-0.25, -0.2) is 9.78 Å². The molecule has 152 valence electrons. The van der Waals surface area contributed by atoms with Gasteiger partial charge in [-0.05, 0) is 47.7 Å². The number of aromatic nitrogens is 3. The van der Waals surface area contributed by atoms with Crippen LogP contribution in [0.2, 0.25) is 0 Å². The second-order valence-corrected chi connectivity index (χ2v) is 7.54. The van der Waals surface area contributed by atoms with Gasteiger partial charge in [-0.1, -0.05) is 12.1 Å². The van der Waals surface area contributed by atoms with Crippen molar-refractivity contribution in [3.05, 3.63) is 75.8 Å². The zero-order valence-electron chi connectivity index (χ0n) is 16.6. The molecule has 1 aliphatic heterocycles. The number of ether oxygens (including phenoxy) is 2. The van der Waals surface area contributed by atoms with Crippen molar-refractivity contribution < 1.29 is 14.3 Å². The number of hydrogen-bond donors (Lipinski definition) is 1. The molecule has 1 N–H and O–H groups in total. The summed E-state index contributed by atoms with van der Waals surface area (Å²) in [5, 5.41) is 0.984. The summed E-state index contributed by atoms with van der Waals surface area (Å²) in [6.07, 6.45) is 1.75. The van der Waals surface area contributed by atoms with Gasteiger partial charge < -0.3 is 19.0 Å². The Morgan fingerprint density at radius 2 is 2.07 bits per heavy atom. The average Bonchev–Trinajstić information content (AvgIpc) is 3.05. The van der Waals surface area contributed by atoms with E-state index in [-0.39, 0.29) is 17.6 Å². The molecule has 1 atom stereocenters. The van der Waals surface area contributed by atoms with E-state index < -0.39 is 0 Å². The second-order valence-electron chi connectivity index (χ2n) is 7.54. The van der Waals surface area contributed by atoms with Gasteiger partial charge in [-0.3, -0.25) is 4.79 Å². The number of benzene rings is 2. The van der Waals surface area contributed by atoms with Crippen LogP contribution < -0.4 is 5.56 Å². The predicted molar refractivity (Wildman–Crippen MR) is 113 cm³/mol. The van der Waals surface area contributed by atoms with Crippen LogP contribution >= 0.6 is 0 Å². The van der Waals surface area contributed by atoms with Crippen molar-refractivity contribution in [2.75, 3.05) is 13.7 Å². The lowest BCUT2D eigenvalue weighted by atomic mass is 10.1. The van der Waals surface area contributed by atoms with Crippen LogP contribution in [-0.4, -0.2) is 40.3 Å². The SMILES string of the molecule is COC(=O)c1ccc2nc(Cc3ccc4ccc(=O)[nH]c4c3)n(C[C@@H]3CCO3)c2c1. The minimum atomic E-state index is -0.371. The Kier molecular flexibility index (Phi) is 4.59. The quantitative estimate of drug-likeness (QED) is 0.518. The first kappa shape index (κ1) is 18.6. The summed E-state index contributed by atoms with van der Waals surface area (Å²) >= 11 is 0. The third-order valence-corrected chi connectivity index (χ3v) is 5.58. The number of esters is 1. The van der Waals surface area contributed by atoms with Gasteiger partial charge in [0.05, 0.1) is 36.4 Å². The Morgan fingerprint density at radius 1 is 1.23 bits per heavy atom. The molecule has 0 saturated carbocycles. The molecule has 30 heavy (non-hydrogen) atoms. The average molecular weight is 403 g/mol. The van der Waals surface area contributed by atoms with E-state index in [0.717, 1.165) is 46.4 Å². The molecule has 5 rings (SSSR count). The molecule has 0 unspecified atom stereocenters. The summed E-state index contributed by atoms with van der Waals surface area (Å²) in [7, 11) is 1.38. The highest BCUT2D eigenvalue weighted by molar-refractivity contribution is 5.93. The number of fused-ring (bicyclic) bond motifs is 2. The Bertz CT molecular complexity index is 1320. The van der Waals surface area contributed by atoms with Crippen LogP contribution in [0.15, 0.2) is 53.3 Å². The first-order chi connectivity index (χ1) is 14.6. The molecule has 3 heterocycles. The molecule has 0 bridgehead atoms. The zero-order valence-corrected chi connectivity index (χ0v) is 16.6. The van der Waals surface area contributed by atoms with Crippen LogP contribution in [0.5, 0.6) is 0 Å². The normalized spacial score (nSPS) is 16.0. The molecular formula is C23H21N3O4. The molecule has 0 spiro atoms. The molecule has 7 nitrogen and oxygen atoms in total. The second kappa shape index (κ2) is 7.42. The zero-order chi connectivity index (χ0) is 20.7. The minimum absolute atomic E-state index is 0.121. The summed E-state index contributed by atoms with van der Waals surface area (Å²) < 4.78 is 12.6. The van der Waals surface area contributed by atoms with Crippen molar-refractivity contribution >= 4 is 27.9 Å². The van der Waals surface area contributed by atoms with Crippen LogP contribution in [0.4, 0.5) is 0 Å². The van der Waals surface area contributed by atoms with Crippen molar-refractivity contribution in [1.82, 2.24) is 14.5 Å². The fourth-order valence-corrected chi connectivity index (χ4v) is 3.88. The molecule has 2 aromatic carbocycles. The number of imidazole rings is 1. The number of aromatic amines is 1. The van der Waals surface area contributed by atoms with E-state index in [1.54, 1.807) is 6.07 Å². The Hall–Kier alpha value is -3.45. The van der Waals surface area contributed by atoms with Crippen LogP contribution in [0.25, 0.3) is 21.9 Å². The number of nitrogens with zero attached hydrogens (tertiary/aromatic N) is 2. The van der Waals surface area contributed by atoms with Crippen molar-refractivity contribution in [2.45, 2.75) is 25.5 Å². The molecule has 7 heteroatoms. The Labute approximate surface area is 172 Å². The molecule has 2 aromatic heterocycles. The van der Waals surface area contributed by atoms with E-state index in [1.807, 2.05) is 36.4 Å². The highest BCUT2D eigenvalue weighted by Gasteiger charge is 2.22. The third kappa shape index (κ3) is 3.37. The van der Waals surface area contributed by atoms with Crippen molar-refractivity contribution in [2.24, 2.45) is 0 Å². The highest BCUT2D eigenvalue weighted by atomic mass is 16.5. The van der Waals surface area contributed by atoms with Crippen molar-refractivity contribution in [3.8, 4) is 0 Å². The first-order valence-corrected chi connectivity index (χ1v) is 9.92. The highest BCUT2D eigenvalue weighted by Crippen LogP contribution is 2.24. The number of rotatable bonds is 5. The van der Waals surface area contributed by atoms with Crippen LogP contribution in [0, 0.1) is 0 Å². The third-order valence-electron chi connectivity index (χ3n) is 5.58. The van der Waals surface area contributed by atoms with E-state index in [4.69, 9.17) is 14.5 Å². The van der Waals surface area contributed by atoms with Crippen LogP contribution in [-0.2, 0) is 22.4 Å². The van der Waals surface area contributed by atoms with E-state index in [9.17, 15) is 9.59 Å². The standard InChI is InChI=1S/C23H21N3O4/c1-29-23(28)16-4-6-18-20(12-16)26(13-17-8-9-30-17)21(24-18)11-14-2-3-15-5-7-22(27)25-19(15)10-14/h2-7,10,12,17H,8-9,11,13H2,1H3,(H,25,27)/t17-/m0/s1. The molecule has 1 saturated heterocycles. The van der Waals surface area contributed by atoms with E-state index in [1.165, 1.54) is 13.2 Å². The van der Waals surface area contributed by atoms with Gasteiger partial charge in [0.2, 0.25) is 5.56 Å². The molecule has 0 amide bonds. The fraction of sp³-hybridized carbons (Fsp3) is 0.261. The van der Waals surface area contributed by atoms with Gasteiger partial charge in [-0.2, -0.15) is 0 Å². The molecule has 0 aliphatic carbocycles. The maximum absolute atomic E-state index is 12.0. The molecule has 1 fully saturated rings. The van der Waals surface area contributed by atoms with Gasteiger partial charge in [0.1, 0.15) is 5.82 Å². The topological polar surface area (TPSA) is 86.2 Å². The molecule has 4 aromatic rings. The van der Waals surface area contributed by atoms with Gasteiger partial charge >= 0.3 is 5.97 Å². The van der Waals surface area contributed by atoms with Crippen LogP contribution in [0.3, 0.4) is 0 Å². The molecular weight excluding hydrogens is 382 g/mol. The fourth-order valence-electron chi connectivity index (χ4n) is 3.88. The van der Waals surface area contributed by atoms with Crippen molar-refractivity contribution in [3.63, 3.8) is 0 Å². The van der Waals surface area contributed by atoms with E-state index >= 15 is 0 Å². The number of carbonyl (C=O) groups excluding carboxylic acids is 1. The summed E-state index contributed by atoms with van der Waals surface area (Å²) in [6.45, 7) is 1.46. The number of hydrogen-bond acceptors (Lipinski definition) is 5. The van der Waals surface area contributed by atoms with Gasteiger partial charge in [0.15, 0.2) is 0 Å². The summed E-state index contributed by atoms with van der Waals surface area (Å²) in [5.74, 6) is 0.518. The Balaban J connectivity index is 1.57.